The number of nitrogens with two attached hydrogens (primary N) is 4. The number of carboxylic acid groups (broad SMARTS) is 1. The van der Waals surface area contributed by atoms with Crippen molar-refractivity contribution in [1.29, 1.82) is 0 Å². The Hall–Kier alpha value is -3.42. The lowest BCUT2D eigenvalue weighted by Gasteiger charge is -2.24. The van der Waals surface area contributed by atoms with E-state index in [1.165, 1.54) is 6.92 Å². The molecular weight excluding hydrogens is 424 g/mol. The minimum absolute atomic E-state index is 0.0950. The van der Waals surface area contributed by atoms with Crippen LogP contribution in [0.2, 0.25) is 0 Å². The third kappa shape index (κ3) is 11.1. The first-order valence-electron chi connectivity index (χ1n) is 9.99. The molecule has 14 heteroatoms. The van der Waals surface area contributed by atoms with E-state index in [4.69, 9.17) is 28.0 Å². The second kappa shape index (κ2) is 13.8. The fourth-order valence-corrected chi connectivity index (χ4v) is 2.51. The lowest BCUT2D eigenvalue weighted by atomic mass is 10.0. The van der Waals surface area contributed by atoms with E-state index in [-0.39, 0.29) is 18.9 Å². The molecule has 4 amide bonds. The predicted octanol–water partition coefficient (Wildman–Crippen LogP) is -3.54. The minimum atomic E-state index is -1.38. The van der Waals surface area contributed by atoms with Crippen LogP contribution in [0.1, 0.15) is 40.0 Å². The fourth-order valence-electron chi connectivity index (χ4n) is 2.51. The van der Waals surface area contributed by atoms with Gasteiger partial charge in [0.25, 0.3) is 0 Å². The maximum Gasteiger partial charge on any atom is 0.326 e. The summed E-state index contributed by atoms with van der Waals surface area (Å²) < 4.78 is 0. The van der Waals surface area contributed by atoms with E-state index in [1.807, 2.05) is 0 Å². The van der Waals surface area contributed by atoms with Gasteiger partial charge in [0.1, 0.15) is 18.1 Å². The van der Waals surface area contributed by atoms with Gasteiger partial charge in [0.05, 0.1) is 12.5 Å². The molecule has 0 aromatic rings. The summed E-state index contributed by atoms with van der Waals surface area (Å²) in [6.45, 7) is 4.81. The molecule has 14 nitrogen and oxygen atoms in total. The molecule has 0 aromatic heterocycles. The zero-order chi connectivity index (χ0) is 25.0. The van der Waals surface area contributed by atoms with Crippen LogP contribution < -0.4 is 38.9 Å². The van der Waals surface area contributed by atoms with Gasteiger partial charge in [-0.05, 0) is 25.7 Å². The molecule has 0 aromatic carbocycles. The van der Waals surface area contributed by atoms with Gasteiger partial charge in [-0.3, -0.25) is 24.2 Å². The number of carbonyl (C=O) groups excluding carboxylic acids is 4. The summed E-state index contributed by atoms with van der Waals surface area (Å²) in [4.78, 5) is 63.4. The Labute approximate surface area is 185 Å². The number of aliphatic imine (C=N–C) groups is 1. The van der Waals surface area contributed by atoms with Crippen LogP contribution in [0.4, 0.5) is 0 Å². The van der Waals surface area contributed by atoms with Gasteiger partial charge in [0, 0.05) is 6.54 Å². The zero-order valence-corrected chi connectivity index (χ0v) is 18.5. The van der Waals surface area contributed by atoms with Crippen LogP contribution >= 0.6 is 0 Å². The normalized spacial score (nSPS) is 14.4. The van der Waals surface area contributed by atoms with Crippen LogP contribution in [0, 0.1) is 5.92 Å². The first-order chi connectivity index (χ1) is 14.8. The number of nitrogens with zero attached hydrogens (tertiary/aromatic N) is 1. The SMILES string of the molecule is CC(NC(=O)C(CC(N)=O)NC(=O)C(N)CCCN=C(N)N)C(=O)NC(C(=O)O)C(C)C. The highest BCUT2D eigenvalue weighted by atomic mass is 16.4. The van der Waals surface area contributed by atoms with Gasteiger partial charge >= 0.3 is 5.97 Å². The number of aliphatic carboxylic acids is 1. The van der Waals surface area contributed by atoms with Crippen LogP contribution in [-0.4, -0.2) is 71.4 Å². The van der Waals surface area contributed by atoms with E-state index in [9.17, 15) is 24.0 Å². The first-order valence-corrected chi connectivity index (χ1v) is 9.99. The van der Waals surface area contributed by atoms with Crippen LogP contribution in [0.3, 0.4) is 0 Å². The molecule has 4 unspecified atom stereocenters. The van der Waals surface area contributed by atoms with E-state index in [0.717, 1.165) is 0 Å². The zero-order valence-electron chi connectivity index (χ0n) is 18.5. The third-order valence-corrected chi connectivity index (χ3v) is 4.33. The molecule has 0 radical (unpaired) electrons. The number of primary amides is 1. The van der Waals surface area contributed by atoms with Crippen molar-refractivity contribution in [3.8, 4) is 0 Å². The maximum atomic E-state index is 12.5. The standard InChI is InChI=1S/C18H34N8O6/c1-8(2)13(17(31)32)26-14(28)9(3)24-16(30)11(7-12(20)27)25-15(29)10(19)5-4-6-23-18(21)22/h8-11,13H,4-7,19H2,1-3H3,(H2,20,27)(H,24,30)(H,25,29)(H,26,28)(H,31,32)(H4,21,22,23). The Morgan fingerprint density at radius 3 is 1.97 bits per heavy atom. The van der Waals surface area contributed by atoms with Crippen molar-refractivity contribution >= 4 is 35.6 Å². The number of amides is 4. The van der Waals surface area contributed by atoms with Gasteiger partial charge in [-0.15, -0.1) is 0 Å². The summed E-state index contributed by atoms with van der Waals surface area (Å²) in [6.07, 6.45) is 0.0749. The molecule has 0 rings (SSSR count). The molecule has 12 N–H and O–H groups in total. The number of carboxylic acids is 1. The Kier molecular flexibility index (Phi) is 12.3. The molecule has 4 atom stereocenters. The molecule has 0 saturated heterocycles. The van der Waals surface area contributed by atoms with Gasteiger partial charge in [-0.2, -0.15) is 0 Å². The first kappa shape index (κ1) is 28.6. The second-order valence-corrected chi connectivity index (χ2v) is 7.59. The van der Waals surface area contributed by atoms with Crippen LogP contribution in [-0.2, 0) is 24.0 Å². The van der Waals surface area contributed by atoms with Crippen LogP contribution in [0.25, 0.3) is 0 Å². The number of guanidine groups is 1. The van der Waals surface area contributed by atoms with E-state index in [0.29, 0.717) is 6.42 Å². The molecule has 0 saturated carbocycles. The Morgan fingerprint density at radius 1 is 0.906 bits per heavy atom. The van der Waals surface area contributed by atoms with Gasteiger partial charge in [-0.1, -0.05) is 13.8 Å². The van der Waals surface area contributed by atoms with Crippen LogP contribution in [0.15, 0.2) is 4.99 Å². The second-order valence-electron chi connectivity index (χ2n) is 7.59. The molecular formula is C18H34N8O6. The van der Waals surface area contributed by atoms with Crippen LogP contribution in [0.5, 0.6) is 0 Å². The minimum Gasteiger partial charge on any atom is -0.480 e. The summed E-state index contributed by atoms with van der Waals surface area (Å²) in [5.74, 6) is -4.89. The van der Waals surface area contributed by atoms with Gasteiger partial charge < -0.3 is 44.0 Å². The average molecular weight is 459 g/mol. The van der Waals surface area contributed by atoms with Crippen molar-refractivity contribution in [2.24, 2.45) is 33.8 Å². The average Bonchev–Trinajstić information content (AvgIpc) is 2.67. The number of rotatable bonds is 14. The predicted molar refractivity (Wildman–Crippen MR) is 116 cm³/mol. The third-order valence-electron chi connectivity index (χ3n) is 4.33. The Morgan fingerprint density at radius 2 is 1.50 bits per heavy atom. The Balaban J connectivity index is 5.01. The number of hydrogen-bond donors (Lipinski definition) is 8. The summed E-state index contributed by atoms with van der Waals surface area (Å²) in [5, 5.41) is 16.1. The van der Waals surface area contributed by atoms with Gasteiger partial charge in [-0.25, -0.2) is 4.79 Å². The summed E-state index contributed by atoms with van der Waals surface area (Å²) in [6, 6.07) is -4.68. The van der Waals surface area contributed by atoms with E-state index >= 15 is 0 Å². The molecule has 32 heavy (non-hydrogen) atoms. The monoisotopic (exact) mass is 458 g/mol. The molecule has 0 bridgehead atoms. The van der Waals surface area contributed by atoms with Crippen molar-refractivity contribution in [2.45, 2.75) is 64.2 Å². The largest absolute Gasteiger partial charge is 0.480 e. The Bertz CT molecular complexity index is 722. The quantitative estimate of drug-likeness (QED) is 0.0726. The molecule has 0 heterocycles. The summed E-state index contributed by atoms with van der Waals surface area (Å²) in [5.41, 5.74) is 21.3. The van der Waals surface area contributed by atoms with Crippen molar-refractivity contribution in [1.82, 2.24) is 16.0 Å². The molecule has 0 spiro atoms. The molecule has 182 valence electrons. The molecule has 0 aliphatic heterocycles. The number of hydrogen-bond acceptors (Lipinski definition) is 7. The van der Waals surface area contributed by atoms with Gasteiger partial charge in [0.15, 0.2) is 5.96 Å². The highest BCUT2D eigenvalue weighted by molar-refractivity contribution is 5.96. The molecule has 0 aliphatic carbocycles. The van der Waals surface area contributed by atoms with Crippen molar-refractivity contribution in [3.05, 3.63) is 0 Å². The summed E-state index contributed by atoms with van der Waals surface area (Å²) in [7, 11) is 0. The van der Waals surface area contributed by atoms with E-state index < -0.39 is 66.1 Å². The van der Waals surface area contributed by atoms with Crippen molar-refractivity contribution in [3.63, 3.8) is 0 Å². The van der Waals surface area contributed by atoms with Crippen molar-refractivity contribution < 1.29 is 29.1 Å². The highest BCUT2D eigenvalue weighted by Gasteiger charge is 2.30. The fraction of sp³-hybridized carbons (Fsp3) is 0.667. The van der Waals surface area contributed by atoms with E-state index in [1.54, 1.807) is 13.8 Å². The number of nitrogens with one attached hydrogen (secondary N) is 3. The topological polar surface area (TPSA) is 258 Å². The lowest BCUT2D eigenvalue weighted by molar-refractivity contribution is -0.143. The summed E-state index contributed by atoms with van der Waals surface area (Å²) >= 11 is 0. The van der Waals surface area contributed by atoms with E-state index in [2.05, 4.69) is 20.9 Å². The van der Waals surface area contributed by atoms with Crippen molar-refractivity contribution in [2.75, 3.05) is 6.54 Å². The lowest BCUT2D eigenvalue weighted by Crippen LogP contribution is -2.57. The molecule has 0 fully saturated rings. The van der Waals surface area contributed by atoms with Gasteiger partial charge in [0.2, 0.25) is 23.6 Å². The maximum absolute atomic E-state index is 12.5. The smallest absolute Gasteiger partial charge is 0.326 e. The number of carbonyl (C=O) groups is 5. The highest BCUT2D eigenvalue weighted by Crippen LogP contribution is 2.03. The molecule has 0 aliphatic rings.